The Morgan fingerprint density at radius 2 is 2.20 bits per heavy atom. The molecule has 15 heavy (non-hydrogen) atoms. The number of carbonyl (C=O) groups is 1. The molecule has 0 aliphatic carbocycles. The Balaban J connectivity index is 2.58. The molecule has 0 aliphatic rings. The molecule has 0 atom stereocenters. The molecule has 0 heterocycles. The summed E-state index contributed by atoms with van der Waals surface area (Å²) in [5, 5.41) is 11.0. The van der Waals surface area contributed by atoms with Crippen molar-refractivity contribution in [1.29, 1.82) is 0 Å². The third kappa shape index (κ3) is 4.27. The summed E-state index contributed by atoms with van der Waals surface area (Å²) in [7, 11) is 0. The highest BCUT2D eigenvalue weighted by atomic mass is 79.9. The molecule has 80 valence electrons. The summed E-state index contributed by atoms with van der Waals surface area (Å²) >= 11 is 3.38. The van der Waals surface area contributed by atoms with E-state index < -0.39 is 0 Å². The van der Waals surface area contributed by atoms with Gasteiger partial charge < -0.3 is 10.4 Å². The maximum Gasteiger partial charge on any atom is 0.244 e. The number of rotatable bonds is 4. The SMILES string of the molecule is O=C(/C=C/c1ccccc1Br)NCCO. The third-order valence-corrected chi connectivity index (χ3v) is 2.45. The molecule has 1 aromatic rings. The minimum Gasteiger partial charge on any atom is -0.395 e. The molecule has 0 radical (unpaired) electrons. The highest BCUT2D eigenvalue weighted by molar-refractivity contribution is 9.10. The van der Waals surface area contributed by atoms with Crippen LogP contribution in [-0.2, 0) is 4.79 Å². The molecular weight excluding hydrogens is 258 g/mol. The van der Waals surface area contributed by atoms with Crippen LogP contribution >= 0.6 is 15.9 Å². The first-order valence-corrected chi connectivity index (χ1v) is 5.34. The average molecular weight is 270 g/mol. The average Bonchev–Trinajstić information content (AvgIpc) is 2.25. The van der Waals surface area contributed by atoms with Crippen LogP contribution in [0.25, 0.3) is 6.08 Å². The molecule has 0 saturated heterocycles. The van der Waals surface area contributed by atoms with Gasteiger partial charge in [0.1, 0.15) is 0 Å². The van der Waals surface area contributed by atoms with E-state index in [9.17, 15) is 4.79 Å². The van der Waals surface area contributed by atoms with E-state index in [1.54, 1.807) is 6.08 Å². The fourth-order valence-corrected chi connectivity index (χ4v) is 1.43. The molecule has 0 bridgehead atoms. The van der Waals surface area contributed by atoms with E-state index in [2.05, 4.69) is 21.2 Å². The van der Waals surface area contributed by atoms with Crippen LogP contribution in [0.2, 0.25) is 0 Å². The van der Waals surface area contributed by atoms with E-state index in [4.69, 9.17) is 5.11 Å². The van der Waals surface area contributed by atoms with Crippen LogP contribution in [0.4, 0.5) is 0 Å². The van der Waals surface area contributed by atoms with Crippen LogP contribution in [0.15, 0.2) is 34.8 Å². The van der Waals surface area contributed by atoms with Gasteiger partial charge in [0.25, 0.3) is 0 Å². The van der Waals surface area contributed by atoms with Gasteiger partial charge in [-0.2, -0.15) is 0 Å². The van der Waals surface area contributed by atoms with E-state index in [1.807, 2.05) is 24.3 Å². The molecule has 3 nitrogen and oxygen atoms in total. The van der Waals surface area contributed by atoms with Crippen molar-refractivity contribution >= 4 is 27.9 Å². The lowest BCUT2D eigenvalue weighted by molar-refractivity contribution is -0.116. The highest BCUT2D eigenvalue weighted by Crippen LogP contribution is 2.16. The molecule has 1 aromatic carbocycles. The minimum atomic E-state index is -0.209. The summed E-state index contributed by atoms with van der Waals surface area (Å²) in [6.45, 7) is 0.230. The topological polar surface area (TPSA) is 49.3 Å². The quantitative estimate of drug-likeness (QED) is 0.816. The number of aliphatic hydroxyl groups is 1. The van der Waals surface area contributed by atoms with E-state index in [0.717, 1.165) is 10.0 Å². The smallest absolute Gasteiger partial charge is 0.244 e. The van der Waals surface area contributed by atoms with Gasteiger partial charge in [0.05, 0.1) is 6.61 Å². The van der Waals surface area contributed by atoms with Gasteiger partial charge in [-0.1, -0.05) is 34.1 Å². The van der Waals surface area contributed by atoms with Crippen molar-refractivity contribution in [2.24, 2.45) is 0 Å². The maximum absolute atomic E-state index is 11.2. The number of carbonyl (C=O) groups excluding carboxylic acids is 1. The van der Waals surface area contributed by atoms with Gasteiger partial charge in [0.15, 0.2) is 0 Å². The van der Waals surface area contributed by atoms with Gasteiger partial charge in [-0.25, -0.2) is 0 Å². The number of benzene rings is 1. The van der Waals surface area contributed by atoms with E-state index in [-0.39, 0.29) is 19.1 Å². The predicted octanol–water partition coefficient (Wildman–Crippen LogP) is 1.57. The molecule has 0 unspecified atom stereocenters. The van der Waals surface area contributed by atoms with Crippen LogP contribution in [0.3, 0.4) is 0 Å². The maximum atomic E-state index is 11.2. The number of nitrogens with one attached hydrogen (secondary N) is 1. The van der Waals surface area contributed by atoms with Crippen LogP contribution in [0.5, 0.6) is 0 Å². The number of hydrogen-bond donors (Lipinski definition) is 2. The van der Waals surface area contributed by atoms with E-state index in [0.29, 0.717) is 0 Å². The largest absolute Gasteiger partial charge is 0.395 e. The molecular formula is C11H12BrNO2. The number of halogens is 1. The lowest BCUT2D eigenvalue weighted by Crippen LogP contribution is -2.24. The van der Waals surface area contributed by atoms with Crippen molar-refractivity contribution < 1.29 is 9.90 Å². The van der Waals surface area contributed by atoms with Gasteiger partial charge >= 0.3 is 0 Å². The zero-order valence-electron chi connectivity index (χ0n) is 8.11. The number of amides is 1. The standard InChI is InChI=1S/C11H12BrNO2/c12-10-4-2-1-3-9(10)5-6-11(15)13-7-8-14/h1-6,14H,7-8H2,(H,13,15)/b6-5+. The Labute approximate surface area is 96.9 Å². The molecule has 1 rings (SSSR count). The molecule has 0 aliphatic heterocycles. The lowest BCUT2D eigenvalue weighted by atomic mass is 10.2. The second-order valence-corrected chi connectivity index (χ2v) is 3.72. The van der Waals surface area contributed by atoms with Gasteiger partial charge in [0.2, 0.25) is 5.91 Å². The summed E-state index contributed by atoms with van der Waals surface area (Å²) in [4.78, 5) is 11.2. The lowest BCUT2D eigenvalue weighted by Gasteiger charge is -1.98. The Kier molecular flexibility index (Phi) is 5.07. The fraction of sp³-hybridized carbons (Fsp3) is 0.182. The summed E-state index contributed by atoms with van der Waals surface area (Å²) in [5.74, 6) is -0.209. The molecule has 2 N–H and O–H groups in total. The molecule has 0 fully saturated rings. The summed E-state index contributed by atoms with van der Waals surface area (Å²) in [6.07, 6.45) is 3.16. The van der Waals surface area contributed by atoms with E-state index in [1.165, 1.54) is 6.08 Å². The van der Waals surface area contributed by atoms with Gasteiger partial charge in [-0.3, -0.25) is 4.79 Å². The third-order valence-electron chi connectivity index (χ3n) is 1.73. The Morgan fingerprint density at radius 1 is 1.47 bits per heavy atom. The molecule has 4 heteroatoms. The summed E-state index contributed by atoms with van der Waals surface area (Å²) in [6, 6.07) is 7.62. The van der Waals surface area contributed by atoms with Crippen molar-refractivity contribution in [2.45, 2.75) is 0 Å². The monoisotopic (exact) mass is 269 g/mol. The Morgan fingerprint density at radius 3 is 2.87 bits per heavy atom. The molecule has 0 saturated carbocycles. The number of hydrogen-bond acceptors (Lipinski definition) is 2. The Bertz CT molecular complexity index is 363. The van der Waals surface area contributed by atoms with Crippen LogP contribution < -0.4 is 5.32 Å². The first-order valence-electron chi connectivity index (χ1n) is 4.55. The molecule has 0 spiro atoms. The van der Waals surface area contributed by atoms with Crippen molar-refractivity contribution in [3.05, 3.63) is 40.4 Å². The zero-order chi connectivity index (χ0) is 11.1. The van der Waals surface area contributed by atoms with E-state index >= 15 is 0 Å². The number of aliphatic hydroxyl groups excluding tert-OH is 1. The van der Waals surface area contributed by atoms with Crippen LogP contribution in [0, 0.1) is 0 Å². The summed E-state index contributed by atoms with van der Waals surface area (Å²) < 4.78 is 0.941. The second-order valence-electron chi connectivity index (χ2n) is 2.87. The normalized spacial score (nSPS) is 10.5. The second kappa shape index (κ2) is 6.37. The first-order chi connectivity index (χ1) is 7.24. The van der Waals surface area contributed by atoms with Crippen LogP contribution in [-0.4, -0.2) is 24.2 Å². The zero-order valence-corrected chi connectivity index (χ0v) is 9.70. The van der Waals surface area contributed by atoms with Crippen molar-refractivity contribution in [2.75, 3.05) is 13.2 Å². The van der Waals surface area contributed by atoms with Gasteiger partial charge in [-0.05, 0) is 17.7 Å². The molecule has 0 aromatic heterocycles. The minimum absolute atomic E-state index is 0.0470. The van der Waals surface area contributed by atoms with Gasteiger partial charge in [0, 0.05) is 17.1 Å². The predicted molar refractivity (Wildman–Crippen MR) is 63.3 cm³/mol. The summed E-state index contributed by atoms with van der Waals surface area (Å²) in [5.41, 5.74) is 0.941. The van der Waals surface area contributed by atoms with Crippen molar-refractivity contribution in [1.82, 2.24) is 5.32 Å². The van der Waals surface area contributed by atoms with Crippen molar-refractivity contribution in [3.63, 3.8) is 0 Å². The van der Waals surface area contributed by atoms with Crippen molar-refractivity contribution in [3.8, 4) is 0 Å². The first kappa shape index (κ1) is 11.9. The highest BCUT2D eigenvalue weighted by Gasteiger charge is 1.95. The molecule has 1 amide bonds. The van der Waals surface area contributed by atoms with Crippen LogP contribution in [0.1, 0.15) is 5.56 Å². The Hall–Kier alpha value is -1.13. The van der Waals surface area contributed by atoms with Gasteiger partial charge in [-0.15, -0.1) is 0 Å². The fourth-order valence-electron chi connectivity index (χ4n) is 1.01.